The Hall–Kier alpha value is -5.02. The van der Waals surface area contributed by atoms with E-state index in [9.17, 15) is 4.79 Å². The fourth-order valence-corrected chi connectivity index (χ4v) is 6.09. The average molecular weight is 572 g/mol. The Morgan fingerprint density at radius 2 is 1.71 bits per heavy atom. The van der Waals surface area contributed by atoms with Crippen molar-refractivity contribution in [1.29, 1.82) is 0 Å². The highest BCUT2D eigenvalue weighted by Crippen LogP contribution is 2.35. The molecule has 0 unspecified atom stereocenters. The zero-order valence-corrected chi connectivity index (χ0v) is 23.7. The van der Waals surface area contributed by atoms with E-state index in [0.717, 1.165) is 57.6 Å². The van der Waals surface area contributed by atoms with Crippen LogP contribution in [-0.4, -0.2) is 38.3 Å². The Kier molecular flexibility index (Phi) is 7.07. The number of aromatic nitrogens is 4. The fourth-order valence-electron chi connectivity index (χ4n) is 5.37. The maximum atomic E-state index is 12.7. The molecular weight excluding hydrogens is 542 g/mol. The van der Waals surface area contributed by atoms with Gasteiger partial charge in [-0.1, -0.05) is 42.5 Å². The molecule has 0 atom stereocenters. The van der Waals surface area contributed by atoms with Crippen LogP contribution in [0.2, 0.25) is 0 Å². The molecule has 1 fully saturated rings. The van der Waals surface area contributed by atoms with Crippen molar-refractivity contribution in [2.24, 2.45) is 0 Å². The molecule has 42 heavy (non-hydrogen) atoms. The quantitative estimate of drug-likeness (QED) is 0.204. The smallest absolute Gasteiger partial charge is 0.228 e. The summed E-state index contributed by atoms with van der Waals surface area (Å²) in [6, 6.07) is 27.9. The molecule has 0 radical (unpaired) electrons. The van der Waals surface area contributed by atoms with Crippen LogP contribution in [-0.2, 0) is 11.2 Å². The first-order valence-corrected chi connectivity index (χ1v) is 14.9. The van der Waals surface area contributed by atoms with Crippen LogP contribution in [0, 0.1) is 0 Å². The van der Waals surface area contributed by atoms with Crippen molar-refractivity contribution in [2.45, 2.75) is 19.3 Å². The van der Waals surface area contributed by atoms with Crippen molar-refractivity contribution in [2.75, 3.05) is 28.6 Å². The number of fused-ring (bicyclic) bond motifs is 1. The minimum atomic E-state index is -0.0654. The van der Waals surface area contributed by atoms with E-state index in [0.29, 0.717) is 12.4 Å². The molecule has 4 heterocycles. The zero-order valence-electron chi connectivity index (χ0n) is 22.9. The van der Waals surface area contributed by atoms with Gasteiger partial charge in [0.15, 0.2) is 4.96 Å². The van der Waals surface area contributed by atoms with Gasteiger partial charge >= 0.3 is 0 Å². The number of anilines is 4. The highest BCUT2D eigenvalue weighted by Gasteiger charge is 2.19. The monoisotopic (exact) mass is 571 g/mol. The zero-order chi connectivity index (χ0) is 28.3. The second-order valence-electron chi connectivity index (χ2n) is 10.3. The minimum absolute atomic E-state index is 0.0654. The number of imidazole rings is 1. The number of carbonyl (C=O) groups is 1. The molecule has 2 N–H and O–H groups in total. The number of nitrogens with one attached hydrogen (secondary N) is 2. The lowest BCUT2D eigenvalue weighted by Crippen LogP contribution is -2.17. The Labute approximate surface area is 247 Å². The molecule has 0 spiro atoms. The molecule has 1 saturated heterocycles. The van der Waals surface area contributed by atoms with E-state index >= 15 is 0 Å². The number of benzene rings is 3. The molecule has 8 nitrogen and oxygen atoms in total. The Balaban J connectivity index is 1.16. The van der Waals surface area contributed by atoms with E-state index in [1.165, 1.54) is 18.5 Å². The lowest BCUT2D eigenvalue weighted by molar-refractivity contribution is -0.115. The van der Waals surface area contributed by atoms with Gasteiger partial charge in [-0.3, -0.25) is 9.20 Å². The second-order valence-corrected chi connectivity index (χ2v) is 11.2. The van der Waals surface area contributed by atoms with E-state index in [-0.39, 0.29) is 5.91 Å². The third-order valence-corrected chi connectivity index (χ3v) is 8.14. The predicted molar refractivity (Wildman–Crippen MR) is 169 cm³/mol. The molecule has 0 saturated carbocycles. The highest BCUT2D eigenvalue weighted by molar-refractivity contribution is 7.15. The van der Waals surface area contributed by atoms with E-state index in [1.54, 1.807) is 17.5 Å². The van der Waals surface area contributed by atoms with Gasteiger partial charge in [-0.05, 0) is 60.9 Å². The largest absolute Gasteiger partial charge is 0.372 e. The van der Waals surface area contributed by atoms with Gasteiger partial charge in [0, 0.05) is 53.5 Å². The molecule has 0 bridgehead atoms. The van der Waals surface area contributed by atoms with Crippen LogP contribution in [0.3, 0.4) is 0 Å². The lowest BCUT2D eigenvalue weighted by atomic mass is 10.1. The standard InChI is InChI=1S/C33H29N7OS/c41-29(21-23-7-2-1-3-8-23)35-26-10-6-9-24(22-26)30-31(40-19-20-42-33(40)38-30)28-15-16-34-32(37-28)36-25-11-13-27(14-12-25)39-17-4-5-18-39/h1-3,6-16,19-20,22H,4-5,17-18,21H2,(H,35,41)(H,34,36,37). The van der Waals surface area contributed by atoms with Crippen molar-refractivity contribution in [3.63, 3.8) is 0 Å². The molecule has 3 aromatic heterocycles. The number of carbonyl (C=O) groups excluding carboxylic acids is 1. The van der Waals surface area contributed by atoms with Gasteiger partial charge in [-0.2, -0.15) is 0 Å². The van der Waals surface area contributed by atoms with Gasteiger partial charge in [-0.15, -0.1) is 11.3 Å². The number of rotatable bonds is 8. The van der Waals surface area contributed by atoms with E-state index < -0.39 is 0 Å². The van der Waals surface area contributed by atoms with Crippen molar-refractivity contribution in [3.05, 3.63) is 108 Å². The van der Waals surface area contributed by atoms with Crippen LogP contribution >= 0.6 is 11.3 Å². The fraction of sp³-hybridized carbons (Fsp3) is 0.152. The molecule has 1 amide bonds. The Morgan fingerprint density at radius 3 is 2.55 bits per heavy atom. The summed E-state index contributed by atoms with van der Waals surface area (Å²) in [4.78, 5) is 30.3. The maximum absolute atomic E-state index is 12.7. The van der Waals surface area contributed by atoms with Gasteiger partial charge in [0.2, 0.25) is 11.9 Å². The molecule has 208 valence electrons. The average Bonchev–Trinajstić information content (AvgIpc) is 3.77. The third-order valence-electron chi connectivity index (χ3n) is 7.38. The molecular formula is C33H29N7OS. The number of hydrogen-bond donors (Lipinski definition) is 2. The van der Waals surface area contributed by atoms with Crippen LogP contribution in [0.5, 0.6) is 0 Å². The highest BCUT2D eigenvalue weighted by atomic mass is 32.1. The van der Waals surface area contributed by atoms with E-state index in [1.807, 2.05) is 72.2 Å². The van der Waals surface area contributed by atoms with Crippen molar-refractivity contribution in [3.8, 4) is 22.6 Å². The van der Waals surface area contributed by atoms with E-state index in [2.05, 4.69) is 49.2 Å². The molecule has 0 aliphatic carbocycles. The molecule has 6 aromatic rings. The van der Waals surface area contributed by atoms with Crippen LogP contribution in [0.4, 0.5) is 23.0 Å². The van der Waals surface area contributed by atoms with Crippen LogP contribution in [0.25, 0.3) is 27.6 Å². The predicted octanol–water partition coefficient (Wildman–Crippen LogP) is 7.04. The topological polar surface area (TPSA) is 87.5 Å². The van der Waals surface area contributed by atoms with Gasteiger partial charge in [0.25, 0.3) is 0 Å². The summed E-state index contributed by atoms with van der Waals surface area (Å²) >= 11 is 1.57. The molecule has 3 aromatic carbocycles. The number of amides is 1. The number of nitrogens with zero attached hydrogens (tertiary/aromatic N) is 5. The summed E-state index contributed by atoms with van der Waals surface area (Å²) in [6.45, 7) is 2.23. The molecule has 1 aliphatic rings. The molecule has 9 heteroatoms. The van der Waals surface area contributed by atoms with E-state index in [4.69, 9.17) is 9.97 Å². The van der Waals surface area contributed by atoms with Gasteiger partial charge in [0.05, 0.1) is 17.8 Å². The summed E-state index contributed by atoms with van der Waals surface area (Å²) in [6.07, 6.45) is 6.58. The van der Waals surface area contributed by atoms with Gasteiger partial charge < -0.3 is 15.5 Å². The normalized spacial score (nSPS) is 13.0. The van der Waals surface area contributed by atoms with Gasteiger partial charge in [-0.25, -0.2) is 15.0 Å². The van der Waals surface area contributed by atoms with Gasteiger partial charge in [0.1, 0.15) is 5.69 Å². The summed E-state index contributed by atoms with van der Waals surface area (Å²) in [5, 5.41) is 8.41. The van der Waals surface area contributed by atoms with Crippen molar-refractivity contribution in [1.82, 2.24) is 19.4 Å². The van der Waals surface area contributed by atoms with Crippen molar-refractivity contribution < 1.29 is 4.79 Å². The number of hydrogen-bond acceptors (Lipinski definition) is 7. The molecule has 7 rings (SSSR count). The van der Waals surface area contributed by atoms with Crippen LogP contribution in [0.1, 0.15) is 18.4 Å². The number of thiazole rings is 1. The maximum Gasteiger partial charge on any atom is 0.228 e. The summed E-state index contributed by atoms with van der Waals surface area (Å²) in [5.41, 5.74) is 7.17. The second kappa shape index (κ2) is 11.5. The summed E-state index contributed by atoms with van der Waals surface area (Å²) in [7, 11) is 0. The van der Waals surface area contributed by atoms with Crippen LogP contribution in [0.15, 0.2) is 103 Å². The van der Waals surface area contributed by atoms with Crippen LogP contribution < -0.4 is 15.5 Å². The Bertz CT molecular complexity index is 1840. The third kappa shape index (κ3) is 5.46. The first-order chi connectivity index (χ1) is 20.7. The SMILES string of the molecule is O=C(Cc1ccccc1)Nc1cccc(-c2nc3sccn3c2-c2ccnc(Nc3ccc(N4CCCC4)cc3)n2)c1. The summed E-state index contributed by atoms with van der Waals surface area (Å²) in [5.74, 6) is 0.448. The lowest BCUT2D eigenvalue weighted by Gasteiger charge is -2.17. The first kappa shape index (κ1) is 25.9. The summed E-state index contributed by atoms with van der Waals surface area (Å²) < 4.78 is 2.05. The van der Waals surface area contributed by atoms with Crippen molar-refractivity contribution >= 4 is 45.2 Å². The minimum Gasteiger partial charge on any atom is -0.372 e. The Morgan fingerprint density at radius 1 is 0.881 bits per heavy atom. The molecule has 1 aliphatic heterocycles. The first-order valence-electron chi connectivity index (χ1n) is 14.0.